The summed E-state index contributed by atoms with van der Waals surface area (Å²) < 4.78 is 15.4. The molecule has 3 rings (SSSR count). The second-order valence-electron chi connectivity index (χ2n) is 6.52. The van der Waals surface area contributed by atoms with Crippen LogP contribution in [-0.4, -0.2) is 18.2 Å². The van der Waals surface area contributed by atoms with E-state index in [1.807, 2.05) is 63.2 Å². The monoisotopic (exact) mass is 325 g/mol. The minimum Gasteiger partial charge on any atom is -0.437 e. The second kappa shape index (κ2) is 6.00. The zero-order valence-corrected chi connectivity index (χ0v) is 14.1. The summed E-state index contributed by atoms with van der Waals surface area (Å²) >= 11 is 0. The molecule has 0 N–H and O–H groups in total. The summed E-state index contributed by atoms with van der Waals surface area (Å²) in [5.41, 5.74) is 1.04. The van der Waals surface area contributed by atoms with Gasteiger partial charge in [-0.2, -0.15) is 0 Å². The Morgan fingerprint density at radius 2 is 1.79 bits per heavy atom. The quantitative estimate of drug-likeness (QED) is 0.625. The lowest BCUT2D eigenvalue weighted by atomic mass is 9.93. The number of methoxy groups -OCH3 is 1. The molecule has 0 radical (unpaired) electrons. The fourth-order valence-corrected chi connectivity index (χ4v) is 2.41. The number of rotatable bonds is 2. The van der Waals surface area contributed by atoms with Crippen molar-refractivity contribution in [2.75, 3.05) is 7.11 Å². The molecule has 0 saturated carbocycles. The Hall–Kier alpha value is -2.82. The molecule has 0 spiro atoms. The average Bonchev–Trinajstić information content (AvgIpc) is 2.98. The fourth-order valence-electron chi connectivity index (χ4n) is 2.41. The highest BCUT2D eigenvalue weighted by Crippen LogP contribution is 2.36. The summed E-state index contributed by atoms with van der Waals surface area (Å²) in [4.78, 5) is 16.0. The van der Waals surface area contributed by atoms with E-state index in [1.54, 1.807) is 0 Å². The zero-order valence-electron chi connectivity index (χ0n) is 14.1. The van der Waals surface area contributed by atoms with Crippen LogP contribution in [0.1, 0.15) is 26.5 Å². The highest BCUT2D eigenvalue weighted by Gasteiger charge is 2.28. The lowest BCUT2D eigenvalue weighted by Crippen LogP contribution is -2.16. The molecule has 5 heteroatoms. The van der Waals surface area contributed by atoms with Crippen molar-refractivity contribution in [1.29, 1.82) is 0 Å². The third kappa shape index (κ3) is 3.11. The number of aromatic nitrogens is 1. The molecule has 3 aromatic rings. The summed E-state index contributed by atoms with van der Waals surface area (Å²) in [5.74, 6) is 0.474. The molecule has 0 unspecified atom stereocenters. The van der Waals surface area contributed by atoms with E-state index in [9.17, 15) is 4.79 Å². The van der Waals surface area contributed by atoms with Gasteiger partial charge in [-0.15, -0.1) is 0 Å². The predicted molar refractivity (Wildman–Crippen MR) is 91.2 cm³/mol. The minimum atomic E-state index is -0.832. The minimum absolute atomic E-state index is 0.0671. The first-order valence-electron chi connectivity index (χ1n) is 7.65. The van der Waals surface area contributed by atoms with E-state index >= 15 is 0 Å². The largest absolute Gasteiger partial charge is 0.516 e. The van der Waals surface area contributed by atoms with Crippen LogP contribution in [0, 0.1) is 0 Å². The van der Waals surface area contributed by atoms with Gasteiger partial charge >= 0.3 is 12.1 Å². The van der Waals surface area contributed by atoms with E-state index in [0.717, 1.165) is 16.3 Å². The molecule has 24 heavy (non-hydrogen) atoms. The van der Waals surface area contributed by atoms with E-state index in [1.165, 1.54) is 7.11 Å². The van der Waals surface area contributed by atoms with Gasteiger partial charge in [-0.1, -0.05) is 51.1 Å². The van der Waals surface area contributed by atoms with Crippen LogP contribution in [0.4, 0.5) is 4.79 Å². The molecule has 0 bridgehead atoms. The second-order valence-corrected chi connectivity index (χ2v) is 6.52. The first kappa shape index (κ1) is 16.1. The van der Waals surface area contributed by atoms with Gasteiger partial charge < -0.3 is 13.9 Å². The van der Waals surface area contributed by atoms with Gasteiger partial charge in [0.05, 0.1) is 7.11 Å². The molecule has 5 nitrogen and oxygen atoms in total. The molecule has 0 aliphatic rings. The average molecular weight is 325 g/mol. The number of fused-ring (bicyclic) bond motifs is 1. The van der Waals surface area contributed by atoms with Crippen molar-refractivity contribution >= 4 is 16.9 Å². The van der Waals surface area contributed by atoms with Crippen molar-refractivity contribution in [1.82, 2.24) is 4.98 Å². The van der Waals surface area contributed by atoms with Crippen molar-refractivity contribution in [3.05, 3.63) is 48.2 Å². The molecule has 124 valence electrons. The molecule has 0 aliphatic carbocycles. The summed E-state index contributed by atoms with van der Waals surface area (Å²) in [6.45, 7) is 5.91. The molecular weight excluding hydrogens is 306 g/mol. The molecule has 2 aromatic carbocycles. The number of hydrogen-bond acceptors (Lipinski definition) is 5. The Morgan fingerprint density at radius 3 is 2.46 bits per heavy atom. The number of ether oxygens (including phenoxy) is 2. The van der Waals surface area contributed by atoms with Crippen molar-refractivity contribution < 1.29 is 18.7 Å². The van der Waals surface area contributed by atoms with Gasteiger partial charge in [-0.3, -0.25) is 0 Å². The first-order chi connectivity index (χ1) is 11.4. The smallest absolute Gasteiger partial charge is 0.437 e. The lowest BCUT2D eigenvalue weighted by Gasteiger charge is -2.15. The molecule has 0 atom stereocenters. The highest BCUT2D eigenvalue weighted by molar-refractivity contribution is 5.86. The van der Waals surface area contributed by atoms with Crippen molar-refractivity contribution in [2.45, 2.75) is 26.2 Å². The summed E-state index contributed by atoms with van der Waals surface area (Å²) in [7, 11) is 1.25. The maximum atomic E-state index is 11.4. The van der Waals surface area contributed by atoms with Crippen LogP contribution in [0.15, 0.2) is 46.9 Å². The third-order valence-electron chi connectivity index (χ3n) is 3.65. The third-order valence-corrected chi connectivity index (χ3v) is 3.65. The maximum absolute atomic E-state index is 11.4. The van der Waals surface area contributed by atoms with Gasteiger partial charge in [0.2, 0.25) is 5.89 Å². The van der Waals surface area contributed by atoms with Crippen LogP contribution in [-0.2, 0) is 10.2 Å². The normalized spacial score (nSPS) is 11.5. The first-order valence-corrected chi connectivity index (χ1v) is 7.65. The number of benzene rings is 2. The maximum Gasteiger partial charge on any atom is 0.516 e. The van der Waals surface area contributed by atoms with E-state index in [-0.39, 0.29) is 11.4 Å². The van der Waals surface area contributed by atoms with E-state index < -0.39 is 6.16 Å². The van der Waals surface area contributed by atoms with Gasteiger partial charge in [-0.25, -0.2) is 9.78 Å². The molecule has 0 saturated heterocycles. The number of nitrogens with zero attached hydrogens (tertiary/aromatic N) is 1. The fraction of sp³-hybridized carbons (Fsp3) is 0.263. The zero-order chi connectivity index (χ0) is 17.3. The Balaban J connectivity index is 2.08. The number of carbonyl (C=O) groups excluding carboxylic acids is 1. The van der Waals surface area contributed by atoms with Crippen LogP contribution in [0.2, 0.25) is 0 Å². The van der Waals surface area contributed by atoms with Gasteiger partial charge in [0.15, 0.2) is 0 Å². The van der Waals surface area contributed by atoms with Crippen LogP contribution < -0.4 is 4.74 Å². The SMILES string of the molecule is COC(=O)Oc1oc(-c2ccc3ccccc3c2)nc1C(C)(C)C. The van der Waals surface area contributed by atoms with Crippen LogP contribution in [0.5, 0.6) is 5.95 Å². The van der Waals surface area contributed by atoms with Crippen molar-refractivity contribution in [2.24, 2.45) is 0 Å². The van der Waals surface area contributed by atoms with Gasteiger partial charge in [0, 0.05) is 11.0 Å². The Morgan fingerprint density at radius 1 is 1.08 bits per heavy atom. The molecule has 1 heterocycles. The Kier molecular flexibility index (Phi) is 4.01. The van der Waals surface area contributed by atoms with Crippen LogP contribution in [0.3, 0.4) is 0 Å². The number of hydrogen-bond donors (Lipinski definition) is 0. The van der Waals surface area contributed by atoms with Gasteiger partial charge in [0.1, 0.15) is 5.69 Å². The van der Waals surface area contributed by atoms with E-state index in [4.69, 9.17) is 9.15 Å². The van der Waals surface area contributed by atoms with Gasteiger partial charge in [0.25, 0.3) is 0 Å². The molecule has 1 aromatic heterocycles. The number of carbonyl (C=O) groups is 1. The Bertz CT molecular complexity index is 890. The highest BCUT2D eigenvalue weighted by atomic mass is 16.7. The van der Waals surface area contributed by atoms with Crippen LogP contribution in [0.25, 0.3) is 22.2 Å². The van der Waals surface area contributed by atoms with E-state index in [0.29, 0.717) is 11.6 Å². The molecule has 0 aliphatic heterocycles. The summed E-state index contributed by atoms with van der Waals surface area (Å²) in [5, 5.41) is 2.22. The summed E-state index contributed by atoms with van der Waals surface area (Å²) in [6.07, 6.45) is -0.832. The molecule has 0 fully saturated rings. The van der Waals surface area contributed by atoms with E-state index in [2.05, 4.69) is 9.72 Å². The number of oxazole rings is 1. The summed E-state index contributed by atoms with van der Waals surface area (Å²) in [6, 6.07) is 14.0. The van der Waals surface area contributed by atoms with Crippen LogP contribution >= 0.6 is 0 Å². The van der Waals surface area contributed by atoms with Crippen molar-refractivity contribution in [3.8, 4) is 17.4 Å². The van der Waals surface area contributed by atoms with Crippen molar-refractivity contribution in [3.63, 3.8) is 0 Å². The molecular formula is C19H19NO4. The standard InChI is InChI=1S/C19H19NO4/c1-19(2,3)15-17(24-18(21)22-4)23-16(20-15)14-10-9-12-7-5-6-8-13(12)11-14/h5-11H,1-4H3. The Labute approximate surface area is 140 Å². The molecule has 0 amide bonds. The lowest BCUT2D eigenvalue weighted by molar-refractivity contribution is 0.110. The predicted octanol–water partition coefficient (Wildman–Crippen LogP) is 4.94. The van der Waals surface area contributed by atoms with Gasteiger partial charge in [-0.05, 0) is 22.9 Å². The topological polar surface area (TPSA) is 61.6 Å².